The van der Waals surface area contributed by atoms with Crippen LogP contribution in [-0.2, 0) is 17.9 Å². The lowest BCUT2D eigenvalue weighted by Gasteiger charge is -2.33. The summed E-state index contributed by atoms with van der Waals surface area (Å²) >= 11 is 0. The molecule has 0 atom stereocenters. The SMILES string of the molecule is CC1CCC2(CC1)NC(=O)N(Cc1ccc(CO)cc1)C2=O. The summed E-state index contributed by atoms with van der Waals surface area (Å²) in [5, 5.41) is 12.0. The fourth-order valence-electron chi connectivity index (χ4n) is 3.35. The molecule has 22 heavy (non-hydrogen) atoms. The van der Waals surface area contributed by atoms with E-state index in [-0.39, 0.29) is 25.1 Å². The van der Waals surface area contributed by atoms with Crippen LogP contribution in [-0.4, -0.2) is 27.5 Å². The fraction of sp³-hybridized carbons (Fsp3) is 0.529. The molecule has 0 unspecified atom stereocenters. The van der Waals surface area contributed by atoms with Crippen molar-refractivity contribution >= 4 is 11.9 Å². The van der Waals surface area contributed by atoms with Crippen molar-refractivity contribution in [2.45, 2.75) is 51.3 Å². The van der Waals surface area contributed by atoms with Gasteiger partial charge in [0.25, 0.3) is 5.91 Å². The minimum Gasteiger partial charge on any atom is -0.392 e. The van der Waals surface area contributed by atoms with Gasteiger partial charge in [-0.3, -0.25) is 9.69 Å². The molecule has 3 amide bonds. The first kappa shape index (κ1) is 15.0. The summed E-state index contributed by atoms with van der Waals surface area (Å²) in [5.41, 5.74) is 1.04. The Bertz CT molecular complexity index is 574. The lowest BCUT2D eigenvalue weighted by atomic mass is 9.77. The van der Waals surface area contributed by atoms with Crippen LogP contribution in [0.15, 0.2) is 24.3 Å². The second kappa shape index (κ2) is 5.72. The molecule has 118 valence electrons. The third-order valence-corrected chi connectivity index (χ3v) is 4.92. The van der Waals surface area contributed by atoms with Gasteiger partial charge >= 0.3 is 6.03 Å². The summed E-state index contributed by atoms with van der Waals surface area (Å²) < 4.78 is 0. The third-order valence-electron chi connectivity index (χ3n) is 4.92. The molecule has 1 aromatic rings. The quantitative estimate of drug-likeness (QED) is 0.841. The number of urea groups is 1. The maximum absolute atomic E-state index is 12.7. The standard InChI is InChI=1S/C17H22N2O3/c1-12-6-8-17(9-7-12)15(21)19(16(22)18-17)10-13-2-4-14(11-20)5-3-13/h2-5,12,20H,6-11H2,1H3,(H,18,22). The zero-order chi connectivity index (χ0) is 15.7. The molecule has 0 radical (unpaired) electrons. The minimum atomic E-state index is -0.672. The molecule has 0 aromatic heterocycles. The van der Waals surface area contributed by atoms with Gasteiger partial charge in [-0.1, -0.05) is 31.2 Å². The molecule has 1 heterocycles. The van der Waals surface area contributed by atoms with Gasteiger partial charge in [0.2, 0.25) is 0 Å². The van der Waals surface area contributed by atoms with Crippen molar-refractivity contribution in [2.75, 3.05) is 0 Å². The number of aliphatic hydroxyl groups excluding tert-OH is 1. The van der Waals surface area contributed by atoms with Gasteiger partial charge in [-0.25, -0.2) is 4.79 Å². The monoisotopic (exact) mass is 302 g/mol. The molecular formula is C17H22N2O3. The zero-order valence-corrected chi connectivity index (χ0v) is 12.8. The highest BCUT2D eigenvalue weighted by molar-refractivity contribution is 6.07. The van der Waals surface area contributed by atoms with Crippen molar-refractivity contribution in [3.8, 4) is 0 Å². The van der Waals surface area contributed by atoms with Crippen LogP contribution in [0.4, 0.5) is 4.79 Å². The zero-order valence-electron chi connectivity index (χ0n) is 12.8. The molecule has 5 nitrogen and oxygen atoms in total. The van der Waals surface area contributed by atoms with E-state index in [2.05, 4.69) is 12.2 Å². The first-order valence-corrected chi connectivity index (χ1v) is 7.87. The van der Waals surface area contributed by atoms with Gasteiger partial charge in [0, 0.05) is 0 Å². The summed E-state index contributed by atoms with van der Waals surface area (Å²) in [5.74, 6) is 0.533. The molecular weight excluding hydrogens is 280 g/mol. The predicted molar refractivity (Wildman–Crippen MR) is 81.8 cm³/mol. The number of carbonyl (C=O) groups excluding carboxylic acids is 2. The lowest BCUT2D eigenvalue weighted by Crippen LogP contribution is -2.49. The smallest absolute Gasteiger partial charge is 0.325 e. The second-order valence-corrected chi connectivity index (χ2v) is 6.56. The first-order valence-electron chi connectivity index (χ1n) is 7.87. The molecule has 2 fully saturated rings. The predicted octanol–water partition coefficient (Wildman–Crippen LogP) is 2.18. The van der Waals surface area contributed by atoms with Crippen molar-refractivity contribution in [3.63, 3.8) is 0 Å². The molecule has 2 aliphatic rings. The molecule has 1 aliphatic carbocycles. The van der Waals surface area contributed by atoms with Crippen LogP contribution in [0.2, 0.25) is 0 Å². The number of nitrogens with zero attached hydrogens (tertiary/aromatic N) is 1. The summed E-state index contributed by atoms with van der Waals surface area (Å²) in [6.07, 6.45) is 3.42. The number of hydrogen-bond donors (Lipinski definition) is 2. The van der Waals surface area contributed by atoms with E-state index in [1.807, 2.05) is 24.3 Å². The number of carbonyl (C=O) groups is 2. The molecule has 2 N–H and O–H groups in total. The Hall–Kier alpha value is -1.88. The molecule has 1 saturated carbocycles. The number of aliphatic hydroxyl groups is 1. The van der Waals surface area contributed by atoms with Crippen LogP contribution in [0.5, 0.6) is 0 Å². The Labute approximate surface area is 130 Å². The maximum atomic E-state index is 12.7. The molecule has 3 rings (SSSR count). The van der Waals surface area contributed by atoms with E-state index in [0.717, 1.165) is 36.8 Å². The number of benzene rings is 1. The highest BCUT2D eigenvalue weighted by Gasteiger charge is 2.51. The van der Waals surface area contributed by atoms with Gasteiger partial charge < -0.3 is 10.4 Å². The largest absolute Gasteiger partial charge is 0.392 e. The number of hydrogen-bond acceptors (Lipinski definition) is 3. The fourth-order valence-corrected chi connectivity index (χ4v) is 3.35. The van der Waals surface area contributed by atoms with Crippen LogP contribution in [0.25, 0.3) is 0 Å². The normalized spacial score (nSPS) is 28.3. The Morgan fingerprint density at radius 1 is 1.18 bits per heavy atom. The highest BCUT2D eigenvalue weighted by Crippen LogP contribution is 2.36. The second-order valence-electron chi connectivity index (χ2n) is 6.56. The van der Waals surface area contributed by atoms with E-state index >= 15 is 0 Å². The van der Waals surface area contributed by atoms with Crippen LogP contribution in [0.3, 0.4) is 0 Å². The number of rotatable bonds is 3. The van der Waals surface area contributed by atoms with Gasteiger partial charge in [0.1, 0.15) is 5.54 Å². The summed E-state index contributed by atoms with van der Waals surface area (Å²) in [6, 6.07) is 7.03. The number of nitrogens with one attached hydrogen (secondary N) is 1. The van der Waals surface area contributed by atoms with E-state index in [1.54, 1.807) is 0 Å². The van der Waals surface area contributed by atoms with Gasteiger partial charge in [-0.2, -0.15) is 0 Å². The maximum Gasteiger partial charge on any atom is 0.325 e. The van der Waals surface area contributed by atoms with E-state index in [4.69, 9.17) is 5.11 Å². The van der Waals surface area contributed by atoms with E-state index in [1.165, 1.54) is 4.90 Å². The molecule has 5 heteroatoms. The Morgan fingerprint density at radius 2 is 1.77 bits per heavy atom. The van der Waals surface area contributed by atoms with Crippen LogP contribution in [0.1, 0.15) is 43.7 Å². The van der Waals surface area contributed by atoms with Crippen molar-refractivity contribution in [1.82, 2.24) is 10.2 Å². The van der Waals surface area contributed by atoms with E-state index in [9.17, 15) is 9.59 Å². The first-order chi connectivity index (χ1) is 10.5. The van der Waals surface area contributed by atoms with Crippen molar-refractivity contribution in [1.29, 1.82) is 0 Å². The molecule has 1 saturated heterocycles. The van der Waals surface area contributed by atoms with Crippen LogP contribution < -0.4 is 5.32 Å². The molecule has 1 spiro atoms. The lowest BCUT2D eigenvalue weighted by molar-refractivity contribution is -0.133. The van der Waals surface area contributed by atoms with Gasteiger partial charge in [0.15, 0.2) is 0 Å². The average molecular weight is 302 g/mol. The van der Waals surface area contributed by atoms with E-state index in [0.29, 0.717) is 5.92 Å². The van der Waals surface area contributed by atoms with Crippen LogP contribution >= 0.6 is 0 Å². The van der Waals surface area contributed by atoms with Crippen molar-refractivity contribution in [2.24, 2.45) is 5.92 Å². The van der Waals surface area contributed by atoms with Gasteiger partial charge in [0.05, 0.1) is 13.2 Å². The third kappa shape index (κ3) is 2.61. The highest BCUT2D eigenvalue weighted by atomic mass is 16.3. The Kier molecular flexibility index (Phi) is 3.91. The summed E-state index contributed by atoms with van der Waals surface area (Å²) in [6.45, 7) is 2.47. The number of imide groups is 1. The van der Waals surface area contributed by atoms with Gasteiger partial charge in [-0.15, -0.1) is 0 Å². The summed E-state index contributed by atoms with van der Waals surface area (Å²) in [4.78, 5) is 26.3. The molecule has 0 bridgehead atoms. The topological polar surface area (TPSA) is 69.6 Å². The van der Waals surface area contributed by atoms with Crippen molar-refractivity contribution < 1.29 is 14.7 Å². The van der Waals surface area contributed by atoms with Crippen LogP contribution in [0, 0.1) is 5.92 Å². The minimum absolute atomic E-state index is 0.00922. The number of amides is 3. The van der Waals surface area contributed by atoms with Gasteiger partial charge in [-0.05, 0) is 42.7 Å². The van der Waals surface area contributed by atoms with Crippen molar-refractivity contribution in [3.05, 3.63) is 35.4 Å². The Balaban J connectivity index is 1.74. The Morgan fingerprint density at radius 3 is 2.36 bits per heavy atom. The summed E-state index contributed by atoms with van der Waals surface area (Å²) in [7, 11) is 0. The average Bonchev–Trinajstić information content (AvgIpc) is 2.76. The molecule has 1 aliphatic heterocycles. The van der Waals surface area contributed by atoms with E-state index < -0.39 is 5.54 Å². The molecule has 1 aromatic carbocycles.